The van der Waals surface area contributed by atoms with Gasteiger partial charge in [0.25, 0.3) is 0 Å². The van der Waals surface area contributed by atoms with Crippen LogP contribution in [0.25, 0.3) is 0 Å². The van der Waals surface area contributed by atoms with E-state index in [0.717, 1.165) is 11.1 Å². The average molecular weight is 1060 g/mol. The van der Waals surface area contributed by atoms with Crippen LogP contribution in [0.2, 0.25) is 0 Å². The number of benzene rings is 9. The average Bonchev–Trinajstić information content (AvgIpc) is 3.61. The molecule has 0 aliphatic carbocycles. The first-order valence-corrected chi connectivity index (χ1v) is 29.0. The van der Waals surface area contributed by atoms with Crippen molar-refractivity contribution in [3.05, 3.63) is 282 Å². The molecule has 14 heteroatoms. The van der Waals surface area contributed by atoms with Gasteiger partial charge in [0.2, 0.25) is 0 Å². The quantitative estimate of drug-likeness (QED) is 0.0371. The van der Waals surface area contributed by atoms with Gasteiger partial charge in [-0.2, -0.15) is 0 Å². The van der Waals surface area contributed by atoms with Gasteiger partial charge in [0, 0.05) is 0 Å². The molecule has 0 atom stereocenters. The minimum atomic E-state index is -5.29. The Morgan fingerprint density at radius 1 is 0.382 bits per heavy atom. The molecule has 0 aromatic heterocycles. The fourth-order valence-electron chi connectivity index (χ4n) is 10.1. The van der Waals surface area contributed by atoms with E-state index in [4.69, 9.17) is 13.5 Å². The van der Waals surface area contributed by atoms with Gasteiger partial charge in [-0.3, -0.25) is 0 Å². The number of rotatable bonds is 18. The van der Waals surface area contributed by atoms with Gasteiger partial charge < -0.3 is 0 Å². The van der Waals surface area contributed by atoms with Crippen LogP contribution in [0.3, 0.4) is 0 Å². The van der Waals surface area contributed by atoms with Gasteiger partial charge in [-0.05, 0) is 0 Å². The molecule has 384 valence electrons. The summed E-state index contributed by atoms with van der Waals surface area (Å²) in [4.78, 5) is 31.3. The Labute approximate surface area is 438 Å². The zero-order valence-electron chi connectivity index (χ0n) is 41.4. The summed E-state index contributed by atoms with van der Waals surface area (Å²) in [6, 6.07) is 68.2. The van der Waals surface area contributed by atoms with Crippen LogP contribution >= 0.6 is 13.7 Å². The molecule has 0 radical (unpaired) electrons. The first kappa shape index (κ1) is 53.4. The molecule has 9 aromatic carbocycles. The third kappa shape index (κ3) is 10.1. The molecule has 0 unspecified atom stereocenters. The number of hydrogen-bond acceptors (Lipinski definition) is 5. The van der Waals surface area contributed by atoms with Gasteiger partial charge >= 0.3 is 440 Å². The van der Waals surface area contributed by atoms with Crippen molar-refractivity contribution in [2.45, 2.75) is 26.2 Å². The molecule has 5 nitrogen and oxygen atoms in total. The molecular formula is C62H51BF6O5P2. The van der Waals surface area contributed by atoms with E-state index in [1.165, 1.54) is 0 Å². The second-order valence-corrected chi connectivity index (χ2v) is 27.7. The van der Waals surface area contributed by atoms with Gasteiger partial charge in [-0.25, -0.2) is 0 Å². The van der Waals surface area contributed by atoms with E-state index in [9.17, 15) is 26.3 Å². The van der Waals surface area contributed by atoms with Crippen molar-refractivity contribution < 1.29 is 49.5 Å². The van der Waals surface area contributed by atoms with E-state index >= 15 is 9.59 Å². The molecule has 9 rings (SSSR count). The topological polar surface area (TPSA) is 61.8 Å². The molecule has 0 saturated heterocycles. The third-order valence-electron chi connectivity index (χ3n) is 13.9. The Morgan fingerprint density at radius 2 is 0.632 bits per heavy atom. The Balaban J connectivity index is 1.47. The van der Waals surface area contributed by atoms with Crippen molar-refractivity contribution >= 4 is 64.4 Å². The van der Waals surface area contributed by atoms with E-state index < -0.39 is 74.1 Å². The summed E-state index contributed by atoms with van der Waals surface area (Å²) in [6.07, 6.45) is -11.5. The summed E-state index contributed by atoms with van der Waals surface area (Å²) in [5, 5.41) is 2.66. The molecule has 0 aliphatic rings. The van der Waals surface area contributed by atoms with Crippen LogP contribution in [0.5, 0.6) is 5.75 Å². The molecule has 0 amide bonds. The first-order chi connectivity index (χ1) is 36.4. The number of Topliss-reactive ketones (excluding diaryl/α,β-unsaturated/α-hetero) is 2. The Morgan fingerprint density at radius 3 is 0.868 bits per heavy atom. The summed E-state index contributed by atoms with van der Waals surface area (Å²) in [5.41, 5.74) is -0.932. The SMILES string of the molecule is Cc1ccc(C(=O)CP(OB(Oc2cc(C(F)(F)F)cc(C(F)(F)F)c2)OP(CC(=O)c2ccc(C)cc2)(c2ccccc2)(c2ccccc2)c2ccccc2)(c2ccccc2)(c2ccccc2)c2ccccc2)cc1. The van der Waals surface area contributed by atoms with Crippen LogP contribution in [-0.4, -0.2) is 31.2 Å². The molecule has 0 fully saturated rings. The zero-order valence-corrected chi connectivity index (χ0v) is 43.2. The number of ketones is 2. The van der Waals surface area contributed by atoms with Gasteiger partial charge in [-0.15, -0.1) is 0 Å². The number of hydrogen-bond donors (Lipinski definition) is 0. The minimum absolute atomic E-state index is 0.0138. The van der Waals surface area contributed by atoms with E-state index in [1.807, 2.05) is 13.8 Å². The van der Waals surface area contributed by atoms with Gasteiger partial charge in [-0.1, -0.05) is 0 Å². The van der Waals surface area contributed by atoms with Crippen molar-refractivity contribution in [3.63, 3.8) is 0 Å². The second-order valence-electron chi connectivity index (χ2n) is 18.7. The van der Waals surface area contributed by atoms with Crippen molar-refractivity contribution in [2.75, 3.05) is 12.3 Å². The molecule has 0 spiro atoms. The number of aryl methyl sites for hydroxylation is 2. The van der Waals surface area contributed by atoms with E-state index in [-0.39, 0.29) is 6.07 Å². The maximum absolute atomic E-state index is 15.7. The van der Waals surface area contributed by atoms with E-state index in [1.54, 1.807) is 231 Å². The summed E-state index contributed by atoms with van der Waals surface area (Å²) >= 11 is 0. The Hall–Kier alpha value is -7.46. The van der Waals surface area contributed by atoms with Crippen LogP contribution in [0, 0.1) is 13.8 Å². The molecule has 9 aromatic rings. The van der Waals surface area contributed by atoms with E-state index in [2.05, 4.69) is 0 Å². The standard InChI is InChI=1S/C62H51BF6O5P2/c1-46-33-37-48(38-34-46)59(70)44-75(53-21-9-3-10-22-53,54-23-11-4-12-24-54,55-25-13-5-14-26-55)73-63(72-52-42-50(61(64,65)66)41-51(43-52)62(67,68)69)74-76(56-27-15-6-16-28-56,57-29-17-7-18-30-57,58-31-19-8-20-32-58)45-60(71)49-39-35-47(2)36-40-49/h3-43H,44-45H2,1-2H3. The molecular weight excluding hydrogens is 1010 g/mol. The molecule has 0 bridgehead atoms. The summed E-state index contributed by atoms with van der Waals surface area (Å²) in [7, 11) is -2.36. The molecule has 0 aliphatic heterocycles. The predicted octanol–water partition coefficient (Wildman–Crippen LogP) is 13.4. The molecule has 76 heavy (non-hydrogen) atoms. The van der Waals surface area contributed by atoms with Gasteiger partial charge in [0.15, 0.2) is 0 Å². The first-order valence-electron chi connectivity index (χ1n) is 24.3. The second kappa shape index (κ2) is 21.3. The van der Waals surface area contributed by atoms with Crippen molar-refractivity contribution in [3.8, 4) is 5.75 Å². The van der Waals surface area contributed by atoms with Crippen LogP contribution in [0.1, 0.15) is 43.0 Å². The predicted molar refractivity (Wildman–Crippen MR) is 296 cm³/mol. The summed E-state index contributed by atoms with van der Waals surface area (Å²) in [6.45, 7) is -6.77. The Kier molecular flexibility index (Phi) is 14.9. The fraction of sp³-hybridized carbons (Fsp3) is 0.0968. The Bertz CT molecular complexity index is 3020. The number of alkyl halides is 6. The van der Waals surface area contributed by atoms with Crippen molar-refractivity contribution in [2.24, 2.45) is 0 Å². The fourth-order valence-corrected chi connectivity index (χ4v) is 21.1. The monoisotopic (exact) mass is 1060 g/mol. The summed E-state index contributed by atoms with van der Waals surface area (Å²) in [5.74, 6) is -1.74. The zero-order chi connectivity index (χ0) is 53.7. The summed E-state index contributed by atoms with van der Waals surface area (Å²) < 4.78 is 113. The third-order valence-corrected chi connectivity index (χ3v) is 25.3. The normalized spacial score (nSPS) is 13.1. The van der Waals surface area contributed by atoms with Crippen LogP contribution in [0.15, 0.2) is 249 Å². The van der Waals surface area contributed by atoms with Gasteiger partial charge in [0.05, 0.1) is 0 Å². The number of carbonyl (C=O) groups is 2. The molecule has 0 saturated carbocycles. The van der Waals surface area contributed by atoms with Crippen molar-refractivity contribution in [1.29, 1.82) is 0 Å². The maximum atomic E-state index is 15.7. The number of halogens is 6. The molecule has 0 N–H and O–H groups in total. The van der Waals surface area contributed by atoms with Gasteiger partial charge in [0.1, 0.15) is 0 Å². The van der Waals surface area contributed by atoms with Crippen LogP contribution < -0.4 is 36.5 Å². The van der Waals surface area contributed by atoms with Crippen LogP contribution in [0.4, 0.5) is 26.3 Å². The molecule has 0 heterocycles. The van der Waals surface area contributed by atoms with Crippen molar-refractivity contribution in [1.82, 2.24) is 0 Å². The number of carbonyl (C=O) groups excluding carboxylic acids is 2. The van der Waals surface area contributed by atoms with Crippen LogP contribution in [-0.2, 0) is 21.2 Å². The van der Waals surface area contributed by atoms with E-state index in [0.29, 0.717) is 55.1 Å².